The smallest absolute Gasteiger partial charge is 0.257 e. The van der Waals surface area contributed by atoms with Gasteiger partial charge in [-0.15, -0.1) is 0 Å². The molecule has 154 valence electrons. The molecule has 1 aromatic carbocycles. The van der Waals surface area contributed by atoms with E-state index in [0.717, 1.165) is 16.8 Å². The SMILES string of the molecule is Cc1ccc(NCC(=O)NNC(=O)C2CCN(C(=O)C(C)(C)C)CC2)c(C)c1. The van der Waals surface area contributed by atoms with Gasteiger partial charge in [0.1, 0.15) is 0 Å². The number of amides is 3. The first-order chi connectivity index (χ1) is 13.1. The summed E-state index contributed by atoms with van der Waals surface area (Å²) < 4.78 is 0. The maximum atomic E-state index is 12.3. The van der Waals surface area contributed by atoms with Crippen LogP contribution in [0.5, 0.6) is 0 Å². The van der Waals surface area contributed by atoms with Crippen LogP contribution in [-0.2, 0) is 14.4 Å². The molecule has 0 radical (unpaired) electrons. The molecule has 0 atom stereocenters. The van der Waals surface area contributed by atoms with Crippen LogP contribution in [0.1, 0.15) is 44.7 Å². The first-order valence-electron chi connectivity index (χ1n) is 9.77. The highest BCUT2D eigenvalue weighted by Crippen LogP contribution is 2.23. The maximum Gasteiger partial charge on any atom is 0.257 e. The number of rotatable bonds is 4. The van der Waals surface area contributed by atoms with E-state index in [2.05, 4.69) is 16.2 Å². The number of aryl methyl sites for hydroxylation is 2. The van der Waals surface area contributed by atoms with E-state index in [0.29, 0.717) is 25.9 Å². The molecule has 3 amide bonds. The van der Waals surface area contributed by atoms with Crippen molar-refractivity contribution in [3.8, 4) is 0 Å². The van der Waals surface area contributed by atoms with Gasteiger partial charge in [0.05, 0.1) is 6.54 Å². The van der Waals surface area contributed by atoms with Crippen molar-refractivity contribution in [1.29, 1.82) is 0 Å². The molecule has 3 N–H and O–H groups in total. The summed E-state index contributed by atoms with van der Waals surface area (Å²) >= 11 is 0. The molecular formula is C21H32N4O3. The van der Waals surface area contributed by atoms with Crippen LogP contribution in [0.4, 0.5) is 5.69 Å². The van der Waals surface area contributed by atoms with Gasteiger partial charge in [0.2, 0.25) is 11.8 Å². The second-order valence-corrected chi connectivity index (χ2v) is 8.53. The van der Waals surface area contributed by atoms with Crippen LogP contribution in [0.2, 0.25) is 0 Å². The number of anilines is 1. The van der Waals surface area contributed by atoms with E-state index in [-0.39, 0.29) is 30.2 Å². The van der Waals surface area contributed by atoms with Crippen LogP contribution in [0, 0.1) is 25.2 Å². The van der Waals surface area contributed by atoms with Crippen LogP contribution >= 0.6 is 0 Å². The first-order valence-corrected chi connectivity index (χ1v) is 9.77. The second kappa shape index (κ2) is 9.08. The lowest BCUT2D eigenvalue weighted by Crippen LogP contribution is -2.50. The normalized spacial score (nSPS) is 15.1. The molecule has 0 bridgehead atoms. The Balaban J connectivity index is 1.72. The molecule has 2 rings (SSSR count). The number of carbonyl (C=O) groups excluding carboxylic acids is 3. The molecule has 1 saturated heterocycles. The molecular weight excluding hydrogens is 356 g/mol. The van der Waals surface area contributed by atoms with Crippen molar-refractivity contribution in [3.63, 3.8) is 0 Å². The molecule has 7 heteroatoms. The average molecular weight is 389 g/mol. The fourth-order valence-corrected chi connectivity index (χ4v) is 3.28. The summed E-state index contributed by atoms with van der Waals surface area (Å²) in [5.74, 6) is -0.606. The summed E-state index contributed by atoms with van der Waals surface area (Å²) in [6.07, 6.45) is 1.20. The lowest BCUT2D eigenvalue weighted by Gasteiger charge is -2.35. The molecule has 1 fully saturated rings. The zero-order valence-corrected chi connectivity index (χ0v) is 17.5. The van der Waals surface area contributed by atoms with Crippen molar-refractivity contribution in [2.45, 2.75) is 47.5 Å². The number of likely N-dealkylation sites (tertiary alicyclic amines) is 1. The number of benzene rings is 1. The molecule has 1 aliphatic heterocycles. The van der Waals surface area contributed by atoms with Gasteiger partial charge in [-0.05, 0) is 38.3 Å². The van der Waals surface area contributed by atoms with E-state index in [1.807, 2.05) is 57.7 Å². The van der Waals surface area contributed by atoms with Gasteiger partial charge < -0.3 is 10.2 Å². The van der Waals surface area contributed by atoms with Gasteiger partial charge in [0.15, 0.2) is 0 Å². The highest BCUT2D eigenvalue weighted by atomic mass is 16.2. The summed E-state index contributed by atoms with van der Waals surface area (Å²) in [4.78, 5) is 38.4. The van der Waals surface area contributed by atoms with Crippen molar-refractivity contribution >= 4 is 23.4 Å². The summed E-state index contributed by atoms with van der Waals surface area (Å²) in [5.41, 5.74) is 7.67. The predicted molar refractivity (Wildman–Crippen MR) is 109 cm³/mol. The summed E-state index contributed by atoms with van der Waals surface area (Å²) in [5, 5.41) is 3.07. The van der Waals surface area contributed by atoms with Crippen molar-refractivity contribution < 1.29 is 14.4 Å². The number of hydrogen-bond donors (Lipinski definition) is 3. The Morgan fingerprint density at radius 2 is 1.71 bits per heavy atom. The Bertz CT molecular complexity index is 732. The second-order valence-electron chi connectivity index (χ2n) is 8.53. The van der Waals surface area contributed by atoms with Gasteiger partial charge in [-0.2, -0.15) is 0 Å². The monoisotopic (exact) mass is 388 g/mol. The van der Waals surface area contributed by atoms with Gasteiger partial charge in [-0.1, -0.05) is 38.5 Å². The minimum atomic E-state index is -0.411. The third kappa shape index (κ3) is 5.97. The zero-order valence-electron chi connectivity index (χ0n) is 17.5. The molecule has 7 nitrogen and oxygen atoms in total. The van der Waals surface area contributed by atoms with Gasteiger partial charge >= 0.3 is 0 Å². The van der Waals surface area contributed by atoms with Crippen LogP contribution in [0.3, 0.4) is 0 Å². The molecule has 1 aliphatic rings. The lowest BCUT2D eigenvalue weighted by atomic mass is 9.91. The van der Waals surface area contributed by atoms with Crippen molar-refractivity contribution in [1.82, 2.24) is 15.8 Å². The molecule has 28 heavy (non-hydrogen) atoms. The first kappa shape index (κ1) is 21.7. The van der Waals surface area contributed by atoms with Crippen molar-refractivity contribution in [3.05, 3.63) is 29.3 Å². The Labute approximate surface area is 167 Å². The van der Waals surface area contributed by atoms with E-state index in [4.69, 9.17) is 0 Å². The third-order valence-corrected chi connectivity index (χ3v) is 4.94. The summed E-state index contributed by atoms with van der Waals surface area (Å²) in [6.45, 7) is 10.9. The number of hydrogen-bond acceptors (Lipinski definition) is 4. The van der Waals surface area contributed by atoms with Crippen LogP contribution < -0.4 is 16.2 Å². The number of nitrogens with one attached hydrogen (secondary N) is 3. The fourth-order valence-electron chi connectivity index (χ4n) is 3.28. The van der Waals surface area contributed by atoms with Crippen molar-refractivity contribution in [2.75, 3.05) is 25.0 Å². The van der Waals surface area contributed by atoms with Crippen molar-refractivity contribution in [2.24, 2.45) is 11.3 Å². The number of nitrogens with zero attached hydrogens (tertiary/aromatic N) is 1. The lowest BCUT2D eigenvalue weighted by molar-refractivity contribution is -0.142. The van der Waals surface area contributed by atoms with E-state index in [9.17, 15) is 14.4 Å². The van der Waals surface area contributed by atoms with Crippen LogP contribution in [0.25, 0.3) is 0 Å². The standard InChI is InChI=1S/C21H32N4O3/c1-14-6-7-17(15(2)12-14)22-13-18(26)23-24-19(27)16-8-10-25(11-9-16)20(28)21(3,4)5/h6-7,12,16,22H,8-11,13H2,1-5H3,(H,23,26)(H,24,27). The molecule has 0 aromatic heterocycles. The Hall–Kier alpha value is -2.57. The average Bonchev–Trinajstić information content (AvgIpc) is 2.64. The number of piperidine rings is 1. The van der Waals surface area contributed by atoms with Gasteiger partial charge in [0.25, 0.3) is 5.91 Å². The zero-order chi connectivity index (χ0) is 20.9. The largest absolute Gasteiger partial charge is 0.376 e. The molecule has 0 aliphatic carbocycles. The van der Waals surface area contributed by atoms with E-state index in [1.165, 1.54) is 0 Å². The summed E-state index contributed by atoms with van der Waals surface area (Å²) in [7, 11) is 0. The van der Waals surface area contributed by atoms with Gasteiger partial charge in [-0.25, -0.2) is 0 Å². The van der Waals surface area contributed by atoms with E-state index >= 15 is 0 Å². The topological polar surface area (TPSA) is 90.5 Å². The molecule has 0 spiro atoms. The minimum Gasteiger partial charge on any atom is -0.376 e. The Morgan fingerprint density at radius 1 is 1.07 bits per heavy atom. The summed E-state index contributed by atoms with van der Waals surface area (Å²) in [6, 6.07) is 5.95. The highest BCUT2D eigenvalue weighted by Gasteiger charge is 2.32. The van der Waals surface area contributed by atoms with Crippen LogP contribution in [-0.4, -0.2) is 42.3 Å². The van der Waals surface area contributed by atoms with Crippen LogP contribution in [0.15, 0.2) is 18.2 Å². The Kier molecular flexibility index (Phi) is 7.05. The molecule has 1 aromatic rings. The number of hydrazine groups is 1. The number of carbonyl (C=O) groups is 3. The van der Waals surface area contributed by atoms with Gasteiger partial charge in [0, 0.05) is 30.1 Å². The highest BCUT2D eigenvalue weighted by molar-refractivity contribution is 5.86. The molecule has 0 saturated carbocycles. The quantitative estimate of drug-likeness (QED) is 0.690. The van der Waals surface area contributed by atoms with E-state index < -0.39 is 5.41 Å². The fraction of sp³-hybridized carbons (Fsp3) is 0.571. The van der Waals surface area contributed by atoms with Gasteiger partial charge in [-0.3, -0.25) is 25.2 Å². The minimum absolute atomic E-state index is 0.0721. The Morgan fingerprint density at radius 3 is 2.29 bits per heavy atom. The van der Waals surface area contributed by atoms with E-state index in [1.54, 1.807) is 0 Å². The maximum absolute atomic E-state index is 12.3. The third-order valence-electron chi connectivity index (χ3n) is 4.94. The predicted octanol–water partition coefficient (Wildman–Crippen LogP) is 2.15. The molecule has 1 heterocycles. The molecule has 0 unspecified atom stereocenters.